The molecule has 0 radical (unpaired) electrons. The topological polar surface area (TPSA) is 107 Å². The minimum atomic E-state index is -0.841. The molecule has 3 aromatic carbocycles. The third-order valence-corrected chi connectivity index (χ3v) is 7.94. The van der Waals surface area contributed by atoms with E-state index < -0.39 is 17.7 Å². The molecule has 10 heteroatoms. The first-order valence-corrected chi connectivity index (χ1v) is 15.0. The van der Waals surface area contributed by atoms with Gasteiger partial charge in [-0.25, -0.2) is 0 Å². The van der Waals surface area contributed by atoms with Crippen LogP contribution in [0.15, 0.2) is 72.3 Å². The van der Waals surface area contributed by atoms with Crippen LogP contribution in [0.4, 0.5) is 0 Å². The predicted octanol–water partition coefficient (Wildman–Crippen LogP) is 4.19. The third kappa shape index (κ3) is 6.22. The molecule has 0 spiro atoms. The summed E-state index contributed by atoms with van der Waals surface area (Å²) in [5, 5.41) is 11.6. The molecule has 3 heterocycles. The van der Waals surface area contributed by atoms with Crippen LogP contribution in [0.2, 0.25) is 0 Å². The monoisotopic (exact) mass is 600 g/mol. The van der Waals surface area contributed by atoms with E-state index in [0.29, 0.717) is 86.9 Å². The molecule has 3 aromatic rings. The molecule has 6 rings (SSSR count). The smallest absolute Gasteiger partial charge is 0.295 e. The van der Waals surface area contributed by atoms with Crippen LogP contribution in [0.1, 0.15) is 29.7 Å². The highest BCUT2D eigenvalue weighted by Crippen LogP contribution is 2.43. The number of amides is 1. The van der Waals surface area contributed by atoms with Gasteiger partial charge in [-0.15, -0.1) is 0 Å². The van der Waals surface area contributed by atoms with E-state index in [1.165, 1.54) is 4.90 Å². The first-order valence-electron chi connectivity index (χ1n) is 15.0. The SMILES string of the molecule is CCOc1cc([C@H]2/C(=C(\O)c3ccc4c(c3)OCCO4)C(=O)C(=O)N2CCN2CCOCC2)ccc1OCc1ccccc1. The summed E-state index contributed by atoms with van der Waals surface area (Å²) < 4.78 is 28.9. The van der Waals surface area contributed by atoms with Crippen molar-refractivity contribution in [1.82, 2.24) is 9.80 Å². The molecular formula is C34H36N2O8. The van der Waals surface area contributed by atoms with Gasteiger partial charge in [-0.05, 0) is 48.4 Å². The summed E-state index contributed by atoms with van der Waals surface area (Å²) >= 11 is 0. The number of nitrogens with zero attached hydrogens (tertiary/aromatic N) is 2. The Morgan fingerprint density at radius 2 is 1.64 bits per heavy atom. The Bertz CT molecular complexity index is 1530. The maximum atomic E-state index is 13.6. The summed E-state index contributed by atoms with van der Waals surface area (Å²) in [5.74, 6) is 0.369. The van der Waals surface area contributed by atoms with Crippen molar-refractivity contribution >= 4 is 17.4 Å². The lowest BCUT2D eigenvalue weighted by Gasteiger charge is -2.31. The zero-order valence-corrected chi connectivity index (χ0v) is 24.7. The fourth-order valence-electron chi connectivity index (χ4n) is 5.69. The highest BCUT2D eigenvalue weighted by Gasteiger charge is 2.46. The van der Waals surface area contributed by atoms with Crippen molar-refractivity contribution < 1.29 is 38.4 Å². The van der Waals surface area contributed by atoms with Crippen molar-refractivity contribution in [3.63, 3.8) is 0 Å². The summed E-state index contributed by atoms with van der Waals surface area (Å²) in [6.07, 6.45) is 0. The number of benzene rings is 3. The molecule has 0 saturated carbocycles. The molecule has 0 unspecified atom stereocenters. The van der Waals surface area contributed by atoms with Crippen molar-refractivity contribution in [2.24, 2.45) is 0 Å². The van der Waals surface area contributed by atoms with E-state index in [0.717, 1.165) is 18.7 Å². The van der Waals surface area contributed by atoms with Crippen LogP contribution in [0.3, 0.4) is 0 Å². The molecule has 3 aliphatic heterocycles. The molecule has 2 saturated heterocycles. The molecule has 0 aromatic heterocycles. The van der Waals surface area contributed by atoms with Gasteiger partial charge in [-0.2, -0.15) is 0 Å². The van der Waals surface area contributed by atoms with Crippen molar-refractivity contribution in [2.45, 2.75) is 19.6 Å². The zero-order chi connectivity index (χ0) is 30.5. The van der Waals surface area contributed by atoms with Gasteiger partial charge >= 0.3 is 0 Å². The van der Waals surface area contributed by atoms with Crippen LogP contribution in [0.5, 0.6) is 23.0 Å². The number of morpholine rings is 1. The maximum absolute atomic E-state index is 13.6. The Kier molecular flexibility index (Phi) is 8.99. The van der Waals surface area contributed by atoms with Gasteiger partial charge in [-0.1, -0.05) is 36.4 Å². The van der Waals surface area contributed by atoms with E-state index in [2.05, 4.69) is 4.90 Å². The number of likely N-dealkylation sites (tertiary alicyclic amines) is 1. The van der Waals surface area contributed by atoms with E-state index in [9.17, 15) is 14.7 Å². The third-order valence-electron chi connectivity index (χ3n) is 7.94. The Morgan fingerprint density at radius 3 is 2.41 bits per heavy atom. The lowest BCUT2D eigenvalue weighted by atomic mass is 9.94. The Balaban J connectivity index is 1.37. The van der Waals surface area contributed by atoms with Gasteiger partial charge in [0, 0.05) is 31.7 Å². The number of carbonyl (C=O) groups is 2. The lowest BCUT2D eigenvalue weighted by molar-refractivity contribution is -0.140. The standard InChI is InChI=1S/C34H36N2O8/c1-2-41-28-20-24(8-10-27(28)44-22-23-6-4-3-5-7-23)31-30(32(37)25-9-11-26-29(21-25)43-19-18-42-26)33(38)34(39)36(31)13-12-35-14-16-40-17-15-35/h3-11,20-21,31,37H,2,12-19,22H2,1H3/b32-30+/t31-/m0/s1. The lowest BCUT2D eigenvalue weighted by Crippen LogP contribution is -2.42. The van der Waals surface area contributed by atoms with Gasteiger partial charge in [0.15, 0.2) is 23.0 Å². The number of Topliss-reactive ketones (excluding diaryl/α,β-unsaturated/α-hetero) is 1. The molecule has 10 nitrogen and oxygen atoms in total. The normalized spacial score (nSPS) is 19.7. The predicted molar refractivity (Wildman–Crippen MR) is 162 cm³/mol. The van der Waals surface area contributed by atoms with E-state index in [1.807, 2.05) is 43.3 Å². The van der Waals surface area contributed by atoms with E-state index >= 15 is 0 Å². The fraction of sp³-hybridized carbons (Fsp3) is 0.353. The second kappa shape index (κ2) is 13.4. The van der Waals surface area contributed by atoms with E-state index in [-0.39, 0.29) is 11.3 Å². The minimum absolute atomic E-state index is 0.00839. The Hall–Kier alpha value is -4.54. The summed E-state index contributed by atoms with van der Waals surface area (Å²) in [5.41, 5.74) is 2.00. The summed E-state index contributed by atoms with van der Waals surface area (Å²) in [6, 6.07) is 19.4. The van der Waals surface area contributed by atoms with Crippen LogP contribution in [0.25, 0.3) is 5.76 Å². The summed E-state index contributed by atoms with van der Waals surface area (Å²) in [6.45, 7) is 7.01. The van der Waals surface area contributed by atoms with Crippen LogP contribution in [-0.2, 0) is 20.9 Å². The Labute approximate surface area is 256 Å². The van der Waals surface area contributed by atoms with Crippen molar-refractivity contribution in [3.8, 4) is 23.0 Å². The van der Waals surface area contributed by atoms with Gasteiger partial charge in [0.1, 0.15) is 25.6 Å². The first kappa shape index (κ1) is 29.5. The number of fused-ring (bicyclic) bond motifs is 1. The second-order valence-electron chi connectivity index (χ2n) is 10.7. The number of carbonyl (C=O) groups excluding carboxylic acids is 2. The van der Waals surface area contributed by atoms with Gasteiger partial charge < -0.3 is 33.7 Å². The molecule has 2 fully saturated rings. The molecule has 1 N–H and O–H groups in total. The van der Waals surface area contributed by atoms with Gasteiger partial charge in [0.05, 0.1) is 31.4 Å². The molecule has 230 valence electrons. The number of aliphatic hydroxyl groups is 1. The quantitative estimate of drug-likeness (QED) is 0.208. The number of rotatable bonds is 10. The number of aliphatic hydroxyl groups excluding tert-OH is 1. The Morgan fingerprint density at radius 1 is 0.864 bits per heavy atom. The van der Waals surface area contributed by atoms with E-state index in [4.69, 9.17) is 23.7 Å². The van der Waals surface area contributed by atoms with Crippen LogP contribution >= 0.6 is 0 Å². The van der Waals surface area contributed by atoms with Gasteiger partial charge in [-0.3, -0.25) is 14.5 Å². The zero-order valence-electron chi connectivity index (χ0n) is 24.7. The molecular weight excluding hydrogens is 564 g/mol. The first-order chi connectivity index (χ1) is 21.5. The highest BCUT2D eigenvalue weighted by atomic mass is 16.6. The van der Waals surface area contributed by atoms with Crippen LogP contribution in [-0.4, -0.2) is 85.8 Å². The number of hydrogen-bond acceptors (Lipinski definition) is 9. The van der Waals surface area contributed by atoms with Crippen molar-refractivity contribution in [3.05, 3.63) is 89.0 Å². The number of ketones is 1. The molecule has 44 heavy (non-hydrogen) atoms. The van der Waals surface area contributed by atoms with Crippen molar-refractivity contribution in [1.29, 1.82) is 0 Å². The number of ether oxygens (including phenoxy) is 5. The molecule has 0 bridgehead atoms. The molecule has 1 amide bonds. The van der Waals surface area contributed by atoms with Gasteiger partial charge in [0.2, 0.25) is 0 Å². The average molecular weight is 601 g/mol. The largest absolute Gasteiger partial charge is 0.507 e. The average Bonchev–Trinajstić information content (AvgIpc) is 3.32. The van der Waals surface area contributed by atoms with Gasteiger partial charge in [0.25, 0.3) is 11.7 Å². The van der Waals surface area contributed by atoms with E-state index in [1.54, 1.807) is 30.3 Å². The van der Waals surface area contributed by atoms with Crippen LogP contribution < -0.4 is 18.9 Å². The molecule has 0 aliphatic carbocycles. The van der Waals surface area contributed by atoms with Crippen molar-refractivity contribution in [2.75, 3.05) is 59.2 Å². The molecule has 1 atom stereocenters. The molecule has 3 aliphatic rings. The van der Waals surface area contributed by atoms with Crippen LogP contribution in [0, 0.1) is 0 Å². The number of hydrogen-bond donors (Lipinski definition) is 1. The summed E-state index contributed by atoms with van der Waals surface area (Å²) in [4.78, 5) is 30.9. The fourth-order valence-corrected chi connectivity index (χ4v) is 5.69. The minimum Gasteiger partial charge on any atom is -0.507 e. The maximum Gasteiger partial charge on any atom is 0.295 e. The highest BCUT2D eigenvalue weighted by molar-refractivity contribution is 6.46. The second-order valence-corrected chi connectivity index (χ2v) is 10.7. The summed E-state index contributed by atoms with van der Waals surface area (Å²) in [7, 11) is 0.